The standard InChI is InChI=1S/C33H40O8/c1-33(2)39-23-27(41-33)22-38-32-31(37-21-26-16-10-5-11-17-26)30(36-20-25-14-8-4-9-15-25)29(28(18-34)40-32)35-19-24-12-6-3-7-13-24/h3-17,27-32,34H,18-23H2,1-2H3/t27-,28+,29-,30-,31+,32+/m0/s1. The minimum absolute atomic E-state index is 0.235. The minimum atomic E-state index is -0.833. The van der Waals surface area contributed by atoms with Gasteiger partial charge in [0, 0.05) is 0 Å². The van der Waals surface area contributed by atoms with Crippen molar-refractivity contribution in [3.05, 3.63) is 108 Å². The molecule has 5 rings (SSSR count). The Balaban J connectivity index is 1.39. The smallest absolute Gasteiger partial charge is 0.187 e. The van der Waals surface area contributed by atoms with E-state index in [1.54, 1.807) is 0 Å². The van der Waals surface area contributed by atoms with Crippen molar-refractivity contribution < 1.29 is 38.3 Å². The van der Waals surface area contributed by atoms with Gasteiger partial charge in [-0.05, 0) is 30.5 Å². The van der Waals surface area contributed by atoms with Gasteiger partial charge >= 0.3 is 0 Å². The molecule has 0 bridgehead atoms. The van der Waals surface area contributed by atoms with Crippen molar-refractivity contribution in [2.75, 3.05) is 19.8 Å². The molecule has 2 saturated heterocycles. The van der Waals surface area contributed by atoms with Crippen LogP contribution in [0.5, 0.6) is 0 Å². The largest absolute Gasteiger partial charge is 0.394 e. The van der Waals surface area contributed by atoms with Gasteiger partial charge in [0.2, 0.25) is 0 Å². The molecule has 0 aliphatic carbocycles. The molecule has 6 atom stereocenters. The monoisotopic (exact) mass is 564 g/mol. The third-order valence-electron chi connectivity index (χ3n) is 7.14. The normalized spacial score (nSPS) is 27.6. The molecule has 1 N–H and O–H groups in total. The average molecular weight is 565 g/mol. The number of ether oxygens (including phenoxy) is 7. The molecule has 3 aromatic rings. The molecule has 0 radical (unpaired) electrons. The summed E-state index contributed by atoms with van der Waals surface area (Å²) in [5, 5.41) is 10.4. The first-order valence-electron chi connectivity index (χ1n) is 14.2. The Labute approximate surface area is 242 Å². The van der Waals surface area contributed by atoms with Crippen LogP contribution < -0.4 is 0 Å². The Bertz CT molecular complexity index is 1160. The maximum Gasteiger partial charge on any atom is 0.187 e. The van der Waals surface area contributed by atoms with Crippen LogP contribution in [0.2, 0.25) is 0 Å². The van der Waals surface area contributed by atoms with Crippen LogP contribution in [0.25, 0.3) is 0 Å². The Hall–Kier alpha value is -2.66. The summed E-state index contributed by atoms with van der Waals surface area (Å²) in [5.41, 5.74) is 3.03. The molecule has 2 fully saturated rings. The van der Waals surface area contributed by atoms with Crippen molar-refractivity contribution in [2.45, 2.75) is 76.3 Å². The van der Waals surface area contributed by atoms with E-state index in [2.05, 4.69) is 0 Å². The highest BCUT2D eigenvalue weighted by Gasteiger charge is 2.49. The average Bonchev–Trinajstić information content (AvgIpc) is 3.36. The number of aliphatic hydroxyl groups excluding tert-OH is 1. The molecule has 0 amide bonds. The Kier molecular flexibility index (Phi) is 10.5. The van der Waals surface area contributed by atoms with Crippen molar-refractivity contribution in [1.29, 1.82) is 0 Å². The summed E-state index contributed by atoms with van der Waals surface area (Å²) in [7, 11) is 0. The summed E-state index contributed by atoms with van der Waals surface area (Å²) >= 11 is 0. The second-order valence-corrected chi connectivity index (χ2v) is 10.8. The van der Waals surface area contributed by atoms with Crippen LogP contribution in [0.1, 0.15) is 30.5 Å². The van der Waals surface area contributed by atoms with E-state index in [1.807, 2.05) is 105 Å². The van der Waals surface area contributed by atoms with Crippen molar-refractivity contribution in [3.8, 4) is 0 Å². The lowest BCUT2D eigenvalue weighted by Crippen LogP contribution is -2.61. The van der Waals surface area contributed by atoms with E-state index in [1.165, 1.54) is 0 Å². The van der Waals surface area contributed by atoms with E-state index in [-0.39, 0.29) is 19.3 Å². The molecule has 0 saturated carbocycles. The lowest BCUT2D eigenvalue weighted by Gasteiger charge is -2.45. The van der Waals surface area contributed by atoms with Crippen LogP contribution in [0.15, 0.2) is 91.0 Å². The van der Waals surface area contributed by atoms with E-state index in [0.717, 1.165) is 16.7 Å². The van der Waals surface area contributed by atoms with Crippen molar-refractivity contribution in [2.24, 2.45) is 0 Å². The minimum Gasteiger partial charge on any atom is -0.394 e. The fourth-order valence-corrected chi connectivity index (χ4v) is 5.07. The van der Waals surface area contributed by atoms with Crippen LogP contribution in [0, 0.1) is 0 Å². The molecule has 8 nitrogen and oxygen atoms in total. The van der Waals surface area contributed by atoms with Gasteiger partial charge in [0.15, 0.2) is 12.1 Å². The van der Waals surface area contributed by atoms with Crippen LogP contribution in [0.3, 0.4) is 0 Å². The quantitative estimate of drug-likeness (QED) is 0.322. The van der Waals surface area contributed by atoms with Crippen LogP contribution >= 0.6 is 0 Å². The van der Waals surface area contributed by atoms with Gasteiger partial charge in [0.1, 0.15) is 30.5 Å². The number of benzene rings is 3. The Morgan fingerprint density at radius 1 is 0.683 bits per heavy atom. The SMILES string of the molecule is CC1(C)OC[C@H](CO[C@@H]2O[C@H](CO)[C@H](OCc3ccccc3)[C@H](OCc3ccccc3)[C@H]2OCc2ccccc2)O1. The fourth-order valence-electron chi connectivity index (χ4n) is 5.07. The van der Waals surface area contributed by atoms with Crippen molar-refractivity contribution in [1.82, 2.24) is 0 Å². The summed E-state index contributed by atoms with van der Waals surface area (Å²) in [4.78, 5) is 0. The Morgan fingerprint density at radius 2 is 1.17 bits per heavy atom. The van der Waals surface area contributed by atoms with E-state index in [4.69, 9.17) is 33.2 Å². The van der Waals surface area contributed by atoms with Gasteiger partial charge in [-0.3, -0.25) is 0 Å². The van der Waals surface area contributed by atoms with Gasteiger partial charge in [0.05, 0.1) is 39.6 Å². The zero-order valence-electron chi connectivity index (χ0n) is 23.7. The highest BCUT2D eigenvalue weighted by molar-refractivity contribution is 5.15. The topological polar surface area (TPSA) is 84.8 Å². The second-order valence-electron chi connectivity index (χ2n) is 10.8. The van der Waals surface area contributed by atoms with Crippen LogP contribution in [-0.4, -0.2) is 67.5 Å². The third-order valence-corrected chi connectivity index (χ3v) is 7.14. The summed E-state index contributed by atoms with van der Waals surface area (Å²) in [6, 6.07) is 29.8. The van der Waals surface area contributed by atoms with E-state index in [9.17, 15) is 5.11 Å². The molecule has 3 aromatic carbocycles. The summed E-state index contributed by atoms with van der Waals surface area (Å²) in [5.74, 6) is -0.671. The molecule has 2 aliphatic heterocycles. The molecule has 220 valence electrons. The lowest BCUT2D eigenvalue weighted by molar-refractivity contribution is -0.329. The highest BCUT2D eigenvalue weighted by Crippen LogP contribution is 2.32. The summed E-state index contributed by atoms with van der Waals surface area (Å²) in [6.45, 7) is 5.11. The van der Waals surface area contributed by atoms with Gasteiger partial charge < -0.3 is 38.3 Å². The predicted molar refractivity (Wildman–Crippen MR) is 152 cm³/mol. The van der Waals surface area contributed by atoms with E-state index < -0.39 is 36.5 Å². The van der Waals surface area contributed by atoms with Gasteiger partial charge in [-0.1, -0.05) is 91.0 Å². The molecule has 0 spiro atoms. The first-order valence-corrected chi connectivity index (χ1v) is 14.2. The van der Waals surface area contributed by atoms with Crippen molar-refractivity contribution >= 4 is 0 Å². The molecule has 41 heavy (non-hydrogen) atoms. The zero-order valence-corrected chi connectivity index (χ0v) is 23.7. The van der Waals surface area contributed by atoms with Crippen LogP contribution in [0.4, 0.5) is 0 Å². The first kappa shape index (κ1) is 29.8. The van der Waals surface area contributed by atoms with Gasteiger partial charge in [-0.2, -0.15) is 0 Å². The van der Waals surface area contributed by atoms with Gasteiger partial charge in [-0.25, -0.2) is 0 Å². The maximum absolute atomic E-state index is 10.4. The number of rotatable bonds is 13. The molecule has 2 aliphatic rings. The van der Waals surface area contributed by atoms with E-state index >= 15 is 0 Å². The van der Waals surface area contributed by atoms with Crippen LogP contribution in [-0.2, 0) is 53.0 Å². The fraction of sp³-hybridized carbons (Fsp3) is 0.455. The van der Waals surface area contributed by atoms with Crippen molar-refractivity contribution in [3.63, 3.8) is 0 Å². The second kappa shape index (κ2) is 14.5. The predicted octanol–water partition coefficient (Wildman–Crippen LogP) is 4.63. The van der Waals surface area contributed by atoms with Gasteiger partial charge in [-0.15, -0.1) is 0 Å². The molecular formula is C33H40O8. The third kappa shape index (κ3) is 8.44. The molecular weight excluding hydrogens is 524 g/mol. The molecule has 8 heteroatoms. The summed E-state index contributed by atoms with van der Waals surface area (Å²) in [6.07, 6.45) is -3.66. The zero-order chi connectivity index (χ0) is 28.5. The van der Waals surface area contributed by atoms with E-state index in [0.29, 0.717) is 26.4 Å². The molecule has 0 unspecified atom stereocenters. The van der Waals surface area contributed by atoms with Gasteiger partial charge in [0.25, 0.3) is 0 Å². The number of hydrogen-bond acceptors (Lipinski definition) is 8. The Morgan fingerprint density at radius 3 is 1.63 bits per heavy atom. The molecule has 2 heterocycles. The lowest BCUT2D eigenvalue weighted by atomic mass is 9.98. The highest BCUT2D eigenvalue weighted by atomic mass is 16.8. The summed E-state index contributed by atoms with van der Waals surface area (Å²) < 4.78 is 43.8. The number of aliphatic hydroxyl groups is 1. The maximum atomic E-state index is 10.4. The molecule has 0 aromatic heterocycles. The number of hydrogen-bond donors (Lipinski definition) is 1. The first-order chi connectivity index (χ1) is 20.0.